The highest BCUT2D eigenvalue weighted by molar-refractivity contribution is 7.98. The van der Waals surface area contributed by atoms with Gasteiger partial charge < -0.3 is 14.8 Å². The van der Waals surface area contributed by atoms with Crippen molar-refractivity contribution in [1.82, 2.24) is 9.97 Å². The monoisotopic (exact) mass is 353 g/mol. The molecule has 0 aliphatic rings. The Morgan fingerprint density at radius 3 is 3.00 bits per heavy atom. The third kappa shape index (κ3) is 5.49. The van der Waals surface area contributed by atoms with E-state index < -0.39 is 0 Å². The maximum absolute atomic E-state index is 12.1. The Morgan fingerprint density at radius 1 is 1.43 bits per heavy atom. The van der Waals surface area contributed by atoms with E-state index in [0.717, 1.165) is 5.03 Å². The fourth-order valence-electron chi connectivity index (χ4n) is 1.72. The van der Waals surface area contributed by atoms with Crippen LogP contribution in [-0.4, -0.2) is 42.8 Å². The number of thioether (sulfide) groups is 1. The van der Waals surface area contributed by atoms with Gasteiger partial charge in [0.2, 0.25) is 0 Å². The summed E-state index contributed by atoms with van der Waals surface area (Å²) in [6, 6.07) is 5.73. The van der Waals surface area contributed by atoms with Gasteiger partial charge in [0, 0.05) is 25.6 Å². The number of hydrogen-bond donors (Lipinski definition) is 1. The number of rotatable bonds is 9. The molecule has 2 aromatic rings. The first-order valence-corrected chi connectivity index (χ1v) is 8.98. The molecule has 0 atom stereocenters. The summed E-state index contributed by atoms with van der Waals surface area (Å²) in [5.41, 5.74) is 0.712. The molecule has 2 aromatic heterocycles. The normalized spacial score (nSPS) is 10.5. The van der Waals surface area contributed by atoms with Crippen molar-refractivity contribution in [2.45, 2.75) is 17.7 Å². The minimum absolute atomic E-state index is 0.332. The fourth-order valence-corrected chi connectivity index (χ4v) is 3.51. The average molecular weight is 353 g/mol. The van der Waals surface area contributed by atoms with Crippen LogP contribution in [0, 0.1) is 0 Å². The van der Waals surface area contributed by atoms with Gasteiger partial charge in [0.05, 0.1) is 23.9 Å². The molecule has 23 heavy (non-hydrogen) atoms. The maximum atomic E-state index is 12.1. The number of esters is 1. The highest BCUT2D eigenvalue weighted by Crippen LogP contribution is 2.29. The van der Waals surface area contributed by atoms with Gasteiger partial charge in [-0.3, -0.25) is 0 Å². The first-order valence-electron chi connectivity index (χ1n) is 7.18. The summed E-state index contributed by atoms with van der Waals surface area (Å²) in [6.07, 6.45) is 1.74. The molecule has 1 N–H and O–H groups in total. The van der Waals surface area contributed by atoms with E-state index in [0.29, 0.717) is 41.2 Å². The predicted octanol–water partition coefficient (Wildman–Crippen LogP) is 3.07. The lowest BCUT2D eigenvalue weighted by atomic mass is 10.4. The third-order valence-electron chi connectivity index (χ3n) is 2.74. The summed E-state index contributed by atoms with van der Waals surface area (Å²) in [5.74, 6) is 0.231. The standard InChI is InChI=1S/C15H19N3O3S2/c1-3-21-14(19)13-11(10-22-12-6-4-5-7-16-12)18-15(23-13)17-8-9-20-2/h4-7H,3,8-10H2,1-2H3,(H,17,18). The van der Waals surface area contributed by atoms with E-state index in [9.17, 15) is 4.79 Å². The average Bonchev–Trinajstić information content (AvgIpc) is 2.98. The zero-order valence-corrected chi connectivity index (χ0v) is 14.7. The summed E-state index contributed by atoms with van der Waals surface area (Å²) < 4.78 is 10.1. The first kappa shape index (κ1) is 17.7. The number of hydrogen-bond acceptors (Lipinski definition) is 8. The smallest absolute Gasteiger partial charge is 0.350 e. The van der Waals surface area contributed by atoms with Gasteiger partial charge in [0.15, 0.2) is 5.13 Å². The summed E-state index contributed by atoms with van der Waals surface area (Å²) >= 11 is 2.84. The number of carbonyl (C=O) groups excluding carboxylic acids is 1. The van der Waals surface area contributed by atoms with E-state index in [-0.39, 0.29) is 5.97 Å². The van der Waals surface area contributed by atoms with Crippen LogP contribution in [0.2, 0.25) is 0 Å². The molecule has 0 spiro atoms. The Labute approximate surface area is 143 Å². The van der Waals surface area contributed by atoms with Crippen molar-refractivity contribution in [1.29, 1.82) is 0 Å². The van der Waals surface area contributed by atoms with E-state index in [2.05, 4.69) is 15.3 Å². The molecule has 8 heteroatoms. The fraction of sp³-hybridized carbons (Fsp3) is 0.400. The Bertz CT molecular complexity index is 620. The van der Waals surface area contributed by atoms with E-state index in [1.807, 2.05) is 18.2 Å². The van der Waals surface area contributed by atoms with E-state index in [1.54, 1.807) is 20.2 Å². The van der Waals surface area contributed by atoms with Crippen molar-refractivity contribution >= 4 is 34.2 Å². The molecule has 6 nitrogen and oxygen atoms in total. The molecule has 0 amide bonds. The van der Waals surface area contributed by atoms with Crippen LogP contribution in [0.1, 0.15) is 22.3 Å². The van der Waals surface area contributed by atoms with Crippen LogP contribution in [0.4, 0.5) is 5.13 Å². The Balaban J connectivity index is 2.09. The number of thiazole rings is 1. The quantitative estimate of drug-likeness (QED) is 0.422. The van der Waals surface area contributed by atoms with Gasteiger partial charge >= 0.3 is 5.97 Å². The zero-order chi connectivity index (χ0) is 16.5. The van der Waals surface area contributed by atoms with E-state index in [4.69, 9.17) is 9.47 Å². The highest BCUT2D eigenvalue weighted by atomic mass is 32.2. The topological polar surface area (TPSA) is 73.3 Å². The molecular formula is C15H19N3O3S2. The summed E-state index contributed by atoms with van der Waals surface area (Å²) in [4.78, 5) is 21.4. The molecule has 0 unspecified atom stereocenters. The predicted molar refractivity (Wildman–Crippen MR) is 92.2 cm³/mol. The van der Waals surface area contributed by atoms with Gasteiger partial charge in [-0.25, -0.2) is 14.8 Å². The van der Waals surface area contributed by atoms with Crippen LogP contribution < -0.4 is 5.32 Å². The van der Waals surface area contributed by atoms with Gasteiger partial charge in [0.1, 0.15) is 4.88 Å². The van der Waals surface area contributed by atoms with Crippen LogP contribution in [0.3, 0.4) is 0 Å². The van der Waals surface area contributed by atoms with Crippen molar-refractivity contribution in [3.8, 4) is 0 Å². The summed E-state index contributed by atoms with van der Waals surface area (Å²) in [7, 11) is 1.64. The van der Waals surface area contributed by atoms with Crippen LogP contribution in [0.15, 0.2) is 29.4 Å². The second kappa shape index (κ2) is 9.49. The van der Waals surface area contributed by atoms with Crippen LogP contribution in [0.25, 0.3) is 0 Å². The lowest BCUT2D eigenvalue weighted by Gasteiger charge is -2.02. The summed E-state index contributed by atoms with van der Waals surface area (Å²) in [5, 5.41) is 4.74. The molecular weight excluding hydrogens is 334 g/mol. The Kier molecular flexibility index (Phi) is 7.31. The number of pyridine rings is 1. The second-order valence-electron chi connectivity index (χ2n) is 4.39. The Hall–Kier alpha value is -1.64. The number of carbonyl (C=O) groups is 1. The highest BCUT2D eigenvalue weighted by Gasteiger charge is 2.19. The maximum Gasteiger partial charge on any atom is 0.350 e. The van der Waals surface area contributed by atoms with Crippen molar-refractivity contribution in [3.05, 3.63) is 35.0 Å². The minimum atomic E-state index is -0.332. The van der Waals surface area contributed by atoms with Gasteiger partial charge in [-0.05, 0) is 19.1 Å². The number of methoxy groups -OCH3 is 1. The number of aromatic nitrogens is 2. The molecule has 0 saturated carbocycles. The van der Waals surface area contributed by atoms with Crippen LogP contribution in [-0.2, 0) is 15.2 Å². The molecule has 0 aliphatic heterocycles. The Morgan fingerprint density at radius 2 is 2.30 bits per heavy atom. The van der Waals surface area contributed by atoms with Crippen molar-refractivity contribution in [2.75, 3.05) is 32.2 Å². The SMILES string of the molecule is CCOC(=O)c1sc(NCCOC)nc1CSc1ccccn1. The molecule has 0 aliphatic carbocycles. The van der Waals surface area contributed by atoms with Crippen LogP contribution >= 0.6 is 23.1 Å². The second-order valence-corrected chi connectivity index (χ2v) is 6.39. The van der Waals surface area contributed by atoms with Gasteiger partial charge in [-0.1, -0.05) is 29.2 Å². The molecule has 2 rings (SSSR count). The number of anilines is 1. The van der Waals surface area contributed by atoms with Gasteiger partial charge in [0.25, 0.3) is 0 Å². The molecule has 124 valence electrons. The lowest BCUT2D eigenvalue weighted by Crippen LogP contribution is -2.07. The molecule has 2 heterocycles. The van der Waals surface area contributed by atoms with Crippen LogP contribution in [0.5, 0.6) is 0 Å². The van der Waals surface area contributed by atoms with Gasteiger partial charge in [-0.2, -0.15) is 0 Å². The van der Waals surface area contributed by atoms with Crippen molar-refractivity contribution in [2.24, 2.45) is 0 Å². The van der Waals surface area contributed by atoms with E-state index in [1.165, 1.54) is 23.1 Å². The largest absolute Gasteiger partial charge is 0.462 e. The molecule has 0 radical (unpaired) electrons. The number of nitrogens with zero attached hydrogens (tertiary/aromatic N) is 2. The molecule has 0 fully saturated rings. The molecule has 0 aromatic carbocycles. The zero-order valence-electron chi connectivity index (χ0n) is 13.1. The molecule has 0 saturated heterocycles. The summed E-state index contributed by atoms with van der Waals surface area (Å²) in [6.45, 7) is 3.35. The minimum Gasteiger partial charge on any atom is -0.462 e. The van der Waals surface area contributed by atoms with Crippen molar-refractivity contribution in [3.63, 3.8) is 0 Å². The third-order valence-corrected chi connectivity index (χ3v) is 4.73. The first-order chi connectivity index (χ1) is 11.2. The van der Waals surface area contributed by atoms with Crippen molar-refractivity contribution < 1.29 is 14.3 Å². The number of nitrogens with one attached hydrogen (secondary N) is 1. The molecule has 0 bridgehead atoms. The number of ether oxygens (including phenoxy) is 2. The van der Waals surface area contributed by atoms with E-state index >= 15 is 0 Å². The van der Waals surface area contributed by atoms with Gasteiger partial charge in [-0.15, -0.1) is 0 Å². The lowest BCUT2D eigenvalue weighted by molar-refractivity contribution is 0.0531.